The molecule has 2 atom stereocenters. The van der Waals surface area contributed by atoms with E-state index in [1.807, 2.05) is 37.3 Å². The van der Waals surface area contributed by atoms with E-state index in [2.05, 4.69) is 5.32 Å². The molecule has 0 bridgehead atoms. The van der Waals surface area contributed by atoms with Crippen LogP contribution in [0.4, 0.5) is 0 Å². The molecular formula is C22H27NO5. The third kappa shape index (κ3) is 7.13. The monoisotopic (exact) mass is 385 g/mol. The number of hydrogen-bond donors (Lipinski definition) is 2. The number of ketones is 1. The molecule has 0 fully saturated rings. The van der Waals surface area contributed by atoms with Crippen LogP contribution in [0.3, 0.4) is 0 Å². The summed E-state index contributed by atoms with van der Waals surface area (Å²) >= 11 is 0. The Morgan fingerprint density at radius 1 is 1.07 bits per heavy atom. The number of ether oxygens (including phenoxy) is 2. The van der Waals surface area contributed by atoms with E-state index in [0.29, 0.717) is 24.3 Å². The normalized spacial score (nSPS) is 12.8. The third-order valence-corrected chi connectivity index (χ3v) is 4.25. The maximum absolute atomic E-state index is 12.4. The van der Waals surface area contributed by atoms with Gasteiger partial charge >= 0.3 is 5.97 Å². The van der Waals surface area contributed by atoms with Gasteiger partial charge in [0.05, 0.1) is 6.10 Å². The van der Waals surface area contributed by atoms with Gasteiger partial charge < -0.3 is 19.9 Å². The fraction of sp³-hybridized carbons (Fsp3) is 0.364. The van der Waals surface area contributed by atoms with Crippen molar-refractivity contribution in [2.45, 2.75) is 32.4 Å². The Kier molecular flexibility index (Phi) is 8.65. The number of aliphatic hydroxyl groups is 1. The SMILES string of the molecule is CC(=O)OCCOc1cccc(C(=O)CCNC(C)C(O)c2ccccc2)c1. The molecular weight excluding hydrogens is 358 g/mol. The van der Waals surface area contributed by atoms with Gasteiger partial charge in [-0.15, -0.1) is 0 Å². The van der Waals surface area contributed by atoms with Crippen LogP contribution < -0.4 is 10.1 Å². The summed E-state index contributed by atoms with van der Waals surface area (Å²) in [5.41, 5.74) is 1.40. The first-order valence-corrected chi connectivity index (χ1v) is 9.33. The van der Waals surface area contributed by atoms with Crippen LogP contribution in [-0.2, 0) is 9.53 Å². The van der Waals surface area contributed by atoms with Gasteiger partial charge in [-0.05, 0) is 24.6 Å². The van der Waals surface area contributed by atoms with Gasteiger partial charge in [0, 0.05) is 31.5 Å². The molecule has 2 unspecified atom stereocenters. The molecule has 0 radical (unpaired) electrons. The molecule has 2 rings (SSSR count). The van der Waals surface area contributed by atoms with Crippen molar-refractivity contribution in [3.63, 3.8) is 0 Å². The lowest BCUT2D eigenvalue weighted by Crippen LogP contribution is -2.33. The minimum atomic E-state index is -0.634. The summed E-state index contributed by atoms with van der Waals surface area (Å²) in [5.74, 6) is 0.185. The molecule has 0 aliphatic rings. The van der Waals surface area contributed by atoms with Crippen LogP contribution >= 0.6 is 0 Å². The maximum Gasteiger partial charge on any atom is 0.302 e. The first kappa shape index (κ1) is 21.6. The van der Waals surface area contributed by atoms with Crippen LogP contribution in [0.1, 0.15) is 42.3 Å². The lowest BCUT2D eigenvalue weighted by molar-refractivity contribution is -0.141. The van der Waals surface area contributed by atoms with Crippen LogP contribution in [0.5, 0.6) is 5.75 Å². The zero-order valence-corrected chi connectivity index (χ0v) is 16.3. The number of rotatable bonds is 11. The molecule has 2 N–H and O–H groups in total. The second kappa shape index (κ2) is 11.2. The smallest absolute Gasteiger partial charge is 0.302 e. The van der Waals surface area contributed by atoms with E-state index < -0.39 is 6.10 Å². The third-order valence-electron chi connectivity index (χ3n) is 4.25. The number of esters is 1. The van der Waals surface area contributed by atoms with Crippen molar-refractivity contribution in [2.75, 3.05) is 19.8 Å². The second-order valence-corrected chi connectivity index (χ2v) is 6.49. The number of nitrogens with one attached hydrogen (secondary N) is 1. The standard InChI is InChI=1S/C22H27NO5/c1-16(22(26)18-7-4-3-5-8-18)23-12-11-21(25)19-9-6-10-20(15-19)28-14-13-27-17(2)24/h3-10,15-16,22-23,26H,11-14H2,1-2H3. The number of hydrogen-bond acceptors (Lipinski definition) is 6. The molecule has 0 heterocycles. The first-order chi connectivity index (χ1) is 13.5. The zero-order chi connectivity index (χ0) is 20.4. The highest BCUT2D eigenvalue weighted by atomic mass is 16.6. The summed E-state index contributed by atoms with van der Waals surface area (Å²) in [5, 5.41) is 13.5. The highest BCUT2D eigenvalue weighted by Gasteiger charge is 2.16. The minimum absolute atomic E-state index is 0.0145. The molecule has 0 saturated carbocycles. The van der Waals surface area contributed by atoms with Crippen LogP contribution in [0, 0.1) is 0 Å². The second-order valence-electron chi connectivity index (χ2n) is 6.49. The Morgan fingerprint density at radius 3 is 2.54 bits per heavy atom. The van der Waals surface area contributed by atoms with Crippen molar-refractivity contribution >= 4 is 11.8 Å². The molecule has 0 aliphatic carbocycles. The summed E-state index contributed by atoms with van der Waals surface area (Å²) in [4.78, 5) is 23.1. The minimum Gasteiger partial charge on any atom is -0.490 e. The molecule has 28 heavy (non-hydrogen) atoms. The van der Waals surface area contributed by atoms with Gasteiger partial charge in [-0.25, -0.2) is 0 Å². The van der Waals surface area contributed by atoms with Gasteiger partial charge in [-0.3, -0.25) is 9.59 Å². The molecule has 0 amide bonds. The molecule has 0 aromatic heterocycles. The van der Waals surface area contributed by atoms with Crippen molar-refractivity contribution in [1.29, 1.82) is 0 Å². The van der Waals surface area contributed by atoms with Gasteiger partial charge in [-0.1, -0.05) is 42.5 Å². The largest absolute Gasteiger partial charge is 0.490 e. The van der Waals surface area contributed by atoms with Crippen LogP contribution in [0.2, 0.25) is 0 Å². The van der Waals surface area contributed by atoms with Gasteiger partial charge in [0.2, 0.25) is 0 Å². The van der Waals surface area contributed by atoms with E-state index >= 15 is 0 Å². The lowest BCUT2D eigenvalue weighted by atomic mass is 10.0. The zero-order valence-electron chi connectivity index (χ0n) is 16.3. The molecule has 0 spiro atoms. The number of benzene rings is 2. The quantitative estimate of drug-likeness (QED) is 0.351. The summed E-state index contributed by atoms with van der Waals surface area (Å²) in [6.45, 7) is 4.08. The van der Waals surface area contributed by atoms with Crippen molar-refractivity contribution < 1.29 is 24.2 Å². The molecule has 0 aliphatic heterocycles. The van der Waals surface area contributed by atoms with Crippen LogP contribution in [-0.4, -0.2) is 42.7 Å². The lowest BCUT2D eigenvalue weighted by Gasteiger charge is -2.20. The predicted octanol–water partition coefficient (Wildman–Crippen LogP) is 2.91. The highest BCUT2D eigenvalue weighted by Crippen LogP contribution is 2.17. The summed E-state index contributed by atoms with van der Waals surface area (Å²) in [7, 11) is 0. The van der Waals surface area contributed by atoms with E-state index in [9.17, 15) is 14.7 Å². The van der Waals surface area contributed by atoms with E-state index in [1.165, 1.54) is 6.92 Å². The van der Waals surface area contributed by atoms with Crippen molar-refractivity contribution in [2.24, 2.45) is 0 Å². The molecule has 2 aromatic carbocycles. The van der Waals surface area contributed by atoms with Gasteiger partial charge in [0.15, 0.2) is 5.78 Å². The van der Waals surface area contributed by atoms with Crippen LogP contribution in [0.15, 0.2) is 54.6 Å². The fourth-order valence-electron chi connectivity index (χ4n) is 2.71. The Balaban J connectivity index is 1.78. The predicted molar refractivity (Wildman–Crippen MR) is 106 cm³/mol. The number of carbonyl (C=O) groups excluding carboxylic acids is 2. The van der Waals surface area contributed by atoms with E-state index in [0.717, 1.165) is 5.56 Å². The van der Waals surface area contributed by atoms with Crippen molar-refractivity contribution in [3.05, 3.63) is 65.7 Å². The van der Waals surface area contributed by atoms with E-state index in [4.69, 9.17) is 9.47 Å². The fourth-order valence-corrected chi connectivity index (χ4v) is 2.71. The van der Waals surface area contributed by atoms with E-state index in [1.54, 1.807) is 24.3 Å². The topological polar surface area (TPSA) is 84.9 Å². The average Bonchev–Trinajstić information content (AvgIpc) is 2.71. The average molecular weight is 385 g/mol. The van der Waals surface area contributed by atoms with Crippen molar-refractivity contribution in [3.8, 4) is 5.75 Å². The maximum atomic E-state index is 12.4. The number of carbonyl (C=O) groups is 2. The Hall–Kier alpha value is -2.70. The molecule has 6 nitrogen and oxygen atoms in total. The number of Topliss-reactive ketones (excluding diaryl/α,β-unsaturated/α-hetero) is 1. The Bertz CT molecular complexity index is 763. The molecule has 6 heteroatoms. The van der Waals surface area contributed by atoms with Gasteiger partial charge in [0.25, 0.3) is 0 Å². The summed E-state index contributed by atoms with van der Waals surface area (Å²) < 4.78 is 10.3. The Morgan fingerprint density at radius 2 is 1.82 bits per heavy atom. The van der Waals surface area contributed by atoms with Crippen molar-refractivity contribution in [1.82, 2.24) is 5.32 Å². The van der Waals surface area contributed by atoms with Gasteiger partial charge in [0.1, 0.15) is 19.0 Å². The Labute approximate surface area is 165 Å². The number of aliphatic hydroxyl groups excluding tert-OH is 1. The van der Waals surface area contributed by atoms with E-state index in [-0.39, 0.29) is 31.0 Å². The highest BCUT2D eigenvalue weighted by molar-refractivity contribution is 5.96. The summed E-state index contributed by atoms with van der Waals surface area (Å²) in [6, 6.07) is 16.2. The van der Waals surface area contributed by atoms with Gasteiger partial charge in [-0.2, -0.15) is 0 Å². The molecule has 2 aromatic rings. The summed E-state index contributed by atoms with van der Waals surface area (Å²) in [6.07, 6.45) is -0.326. The van der Waals surface area contributed by atoms with Crippen LogP contribution in [0.25, 0.3) is 0 Å². The molecule has 0 saturated heterocycles. The first-order valence-electron chi connectivity index (χ1n) is 9.33. The molecule has 150 valence electrons.